The number of benzene rings is 1. The second kappa shape index (κ2) is 15.3. The molecular formula is C18H30FN5. The molecule has 24 heavy (non-hydrogen) atoms. The Balaban J connectivity index is 0. The first-order chi connectivity index (χ1) is 11.5. The van der Waals surface area contributed by atoms with Crippen molar-refractivity contribution in [1.29, 1.82) is 5.41 Å². The fourth-order valence-corrected chi connectivity index (χ4v) is 1.36. The summed E-state index contributed by atoms with van der Waals surface area (Å²) in [5, 5.41) is 12.9. The molecule has 0 aliphatic carbocycles. The molecule has 5 N–H and O–H groups in total. The van der Waals surface area contributed by atoms with Gasteiger partial charge in [0.15, 0.2) is 0 Å². The zero-order valence-corrected chi connectivity index (χ0v) is 15.1. The van der Waals surface area contributed by atoms with E-state index in [-0.39, 0.29) is 23.9 Å². The lowest BCUT2D eigenvalue weighted by atomic mass is 10.2. The Morgan fingerprint density at radius 2 is 1.92 bits per heavy atom. The van der Waals surface area contributed by atoms with Crippen LogP contribution >= 0.6 is 0 Å². The molecule has 1 aromatic carbocycles. The first-order valence-corrected chi connectivity index (χ1v) is 7.82. The molecule has 0 spiro atoms. The van der Waals surface area contributed by atoms with Gasteiger partial charge in [-0.15, -0.1) is 6.58 Å². The van der Waals surface area contributed by atoms with Crippen molar-refractivity contribution < 1.29 is 4.39 Å². The smallest absolute Gasteiger partial charge is 0.143 e. The van der Waals surface area contributed by atoms with Gasteiger partial charge in [-0.05, 0) is 24.8 Å². The van der Waals surface area contributed by atoms with Crippen molar-refractivity contribution in [1.82, 2.24) is 5.01 Å². The number of rotatable bonds is 6. The van der Waals surface area contributed by atoms with Crippen LogP contribution < -0.4 is 11.5 Å². The Kier molecular flexibility index (Phi) is 15.0. The van der Waals surface area contributed by atoms with Crippen LogP contribution in [0.2, 0.25) is 0 Å². The van der Waals surface area contributed by atoms with E-state index in [1.807, 2.05) is 19.9 Å². The number of nitrogens with two attached hydrogens (primary N) is 2. The van der Waals surface area contributed by atoms with Gasteiger partial charge >= 0.3 is 0 Å². The topological polar surface area (TPSA) is 91.5 Å². The first kappa shape index (κ1) is 23.6. The summed E-state index contributed by atoms with van der Waals surface area (Å²) in [6, 6.07) is 6.44. The van der Waals surface area contributed by atoms with Crippen LogP contribution in [0.15, 0.2) is 54.3 Å². The van der Waals surface area contributed by atoms with Gasteiger partial charge in [-0.25, -0.2) is 4.39 Å². The Hall–Kier alpha value is -2.63. The lowest BCUT2D eigenvalue weighted by Crippen LogP contribution is -2.24. The van der Waals surface area contributed by atoms with E-state index in [0.717, 1.165) is 6.42 Å². The van der Waals surface area contributed by atoms with Crippen molar-refractivity contribution in [3.63, 3.8) is 0 Å². The largest absolute Gasteiger partial charge is 0.405 e. The molecule has 0 radical (unpaired) electrons. The molecule has 0 amide bonds. The summed E-state index contributed by atoms with van der Waals surface area (Å²) in [4.78, 5) is 0. The molecule has 1 rings (SSSR count). The summed E-state index contributed by atoms with van der Waals surface area (Å²) in [6.07, 6.45) is 5.62. The molecule has 0 fully saturated rings. The van der Waals surface area contributed by atoms with Crippen LogP contribution in [0.25, 0.3) is 0 Å². The highest BCUT2D eigenvalue weighted by molar-refractivity contribution is 6.43. The maximum absolute atomic E-state index is 13.4. The Morgan fingerprint density at radius 1 is 1.38 bits per heavy atom. The number of halogens is 1. The number of hydrazone groups is 1. The van der Waals surface area contributed by atoms with Gasteiger partial charge in [0, 0.05) is 12.6 Å². The van der Waals surface area contributed by atoms with E-state index in [1.165, 1.54) is 23.4 Å². The summed E-state index contributed by atoms with van der Waals surface area (Å²) in [5.74, 6) is -0.490. The number of amidine groups is 1. The summed E-state index contributed by atoms with van der Waals surface area (Å²) < 4.78 is 13.4. The van der Waals surface area contributed by atoms with E-state index in [2.05, 4.69) is 18.6 Å². The SMILES string of the molecule is C=CCC.CC.CN(Cc1ccccc1F)/N=C(\C=C\N)C(=N)N. The zero-order chi connectivity index (χ0) is 19.0. The van der Waals surface area contributed by atoms with Crippen molar-refractivity contribution in [2.75, 3.05) is 7.05 Å². The molecule has 5 nitrogen and oxygen atoms in total. The fraction of sp³-hybridized carbons (Fsp3) is 0.333. The number of nitrogens with zero attached hydrogens (tertiary/aromatic N) is 2. The van der Waals surface area contributed by atoms with Gasteiger partial charge in [-0.1, -0.05) is 45.0 Å². The maximum atomic E-state index is 13.4. The second-order valence-corrected chi connectivity index (χ2v) is 4.36. The Labute approximate surface area is 145 Å². The van der Waals surface area contributed by atoms with E-state index in [4.69, 9.17) is 16.9 Å². The van der Waals surface area contributed by atoms with E-state index in [0.29, 0.717) is 5.56 Å². The van der Waals surface area contributed by atoms with Crippen LogP contribution in [-0.4, -0.2) is 23.6 Å². The van der Waals surface area contributed by atoms with Crippen molar-refractivity contribution in [3.8, 4) is 0 Å². The molecule has 0 aliphatic heterocycles. The van der Waals surface area contributed by atoms with Gasteiger partial charge in [-0.2, -0.15) is 5.10 Å². The minimum atomic E-state index is -0.293. The average molecular weight is 335 g/mol. The number of allylic oxidation sites excluding steroid dienone is 1. The maximum Gasteiger partial charge on any atom is 0.143 e. The molecule has 0 aliphatic rings. The van der Waals surface area contributed by atoms with Gasteiger partial charge in [0.1, 0.15) is 17.4 Å². The predicted molar refractivity (Wildman–Crippen MR) is 102 cm³/mol. The zero-order valence-electron chi connectivity index (χ0n) is 15.1. The van der Waals surface area contributed by atoms with Gasteiger partial charge in [0.25, 0.3) is 0 Å². The average Bonchev–Trinajstić information content (AvgIpc) is 2.58. The lowest BCUT2D eigenvalue weighted by Gasteiger charge is -2.14. The lowest BCUT2D eigenvalue weighted by molar-refractivity contribution is 0.341. The number of nitrogens with one attached hydrogen (secondary N) is 1. The summed E-state index contributed by atoms with van der Waals surface area (Å²) in [6.45, 7) is 9.82. The molecule has 0 bridgehead atoms. The minimum Gasteiger partial charge on any atom is -0.405 e. The van der Waals surface area contributed by atoms with Gasteiger partial charge in [0.2, 0.25) is 0 Å². The Bertz CT molecular complexity index is 538. The molecule has 0 aromatic heterocycles. The highest BCUT2D eigenvalue weighted by atomic mass is 19.1. The molecular weight excluding hydrogens is 305 g/mol. The van der Waals surface area contributed by atoms with Crippen molar-refractivity contribution in [3.05, 3.63) is 60.6 Å². The van der Waals surface area contributed by atoms with Gasteiger partial charge in [-0.3, -0.25) is 10.4 Å². The third-order valence-electron chi connectivity index (χ3n) is 2.45. The molecule has 0 unspecified atom stereocenters. The van der Waals surface area contributed by atoms with Crippen LogP contribution in [0.3, 0.4) is 0 Å². The second-order valence-electron chi connectivity index (χ2n) is 4.36. The van der Waals surface area contributed by atoms with Crippen molar-refractivity contribution in [2.24, 2.45) is 16.6 Å². The molecule has 0 saturated carbocycles. The minimum absolute atomic E-state index is 0.197. The third kappa shape index (κ3) is 11.0. The molecule has 6 heteroatoms. The highest BCUT2D eigenvalue weighted by Gasteiger charge is 2.05. The van der Waals surface area contributed by atoms with Gasteiger partial charge in [0.05, 0.1) is 6.54 Å². The van der Waals surface area contributed by atoms with Crippen molar-refractivity contribution in [2.45, 2.75) is 33.7 Å². The predicted octanol–water partition coefficient (Wildman–Crippen LogP) is 3.63. The third-order valence-corrected chi connectivity index (χ3v) is 2.45. The first-order valence-electron chi connectivity index (χ1n) is 7.82. The summed E-state index contributed by atoms with van der Waals surface area (Å²) in [5.41, 5.74) is 11.3. The number of hydrogen-bond donors (Lipinski definition) is 3. The van der Waals surface area contributed by atoms with E-state index >= 15 is 0 Å². The van der Waals surface area contributed by atoms with Crippen LogP contribution in [0.4, 0.5) is 4.39 Å². The highest BCUT2D eigenvalue weighted by Crippen LogP contribution is 2.09. The Morgan fingerprint density at radius 3 is 2.33 bits per heavy atom. The summed E-state index contributed by atoms with van der Waals surface area (Å²) >= 11 is 0. The molecule has 0 saturated heterocycles. The number of hydrogen-bond acceptors (Lipinski definition) is 4. The molecule has 1 aromatic rings. The van der Waals surface area contributed by atoms with Crippen LogP contribution in [0.5, 0.6) is 0 Å². The van der Waals surface area contributed by atoms with E-state index < -0.39 is 0 Å². The van der Waals surface area contributed by atoms with E-state index in [9.17, 15) is 4.39 Å². The standard InChI is InChI=1S/C12H16FN5.C4H8.C2H6/c1-18(17-11(6-7-14)12(15)16)8-9-4-2-3-5-10(9)13;1-3-4-2;1-2/h2-7H,8,14H2,1H3,(H3,15,16);3H,1,4H2,2H3;1-2H3/b7-6+,17-11+;;. The quantitative estimate of drug-likeness (QED) is 0.321. The van der Waals surface area contributed by atoms with Crippen LogP contribution in [0.1, 0.15) is 32.8 Å². The van der Waals surface area contributed by atoms with Gasteiger partial charge < -0.3 is 11.5 Å². The van der Waals surface area contributed by atoms with Crippen molar-refractivity contribution >= 4 is 11.5 Å². The molecule has 134 valence electrons. The fourth-order valence-electron chi connectivity index (χ4n) is 1.36. The monoisotopic (exact) mass is 335 g/mol. The van der Waals surface area contributed by atoms with E-state index in [1.54, 1.807) is 25.2 Å². The summed E-state index contributed by atoms with van der Waals surface area (Å²) in [7, 11) is 1.67. The molecule has 0 atom stereocenters. The van der Waals surface area contributed by atoms with Crippen LogP contribution in [-0.2, 0) is 6.54 Å². The normalized spacial score (nSPS) is 10.1. The molecule has 0 heterocycles. The van der Waals surface area contributed by atoms with Crippen LogP contribution in [0, 0.1) is 11.2 Å².